The van der Waals surface area contributed by atoms with Gasteiger partial charge in [0.05, 0.1) is 6.61 Å². The number of allylic oxidation sites excluding steroid dienone is 3. The van der Waals surface area contributed by atoms with E-state index in [1.807, 2.05) is 6.92 Å². The van der Waals surface area contributed by atoms with E-state index in [9.17, 15) is 4.79 Å². The van der Waals surface area contributed by atoms with Gasteiger partial charge in [-0.25, -0.2) is 4.79 Å². The molecule has 1 fully saturated rings. The second-order valence-electron chi connectivity index (χ2n) is 8.79. The molecule has 0 aliphatic heterocycles. The number of esters is 1. The summed E-state index contributed by atoms with van der Waals surface area (Å²) in [5.41, 5.74) is 3.79. The third-order valence-corrected chi connectivity index (χ3v) is 6.30. The fourth-order valence-corrected chi connectivity index (χ4v) is 4.56. The number of ether oxygens (including phenoxy) is 1. The highest BCUT2D eigenvalue weighted by atomic mass is 16.5. The molecule has 154 valence electrons. The van der Waals surface area contributed by atoms with Gasteiger partial charge in [0.15, 0.2) is 0 Å². The van der Waals surface area contributed by atoms with Crippen LogP contribution >= 0.6 is 0 Å². The van der Waals surface area contributed by atoms with Crippen LogP contribution in [0.15, 0.2) is 22.8 Å². The Morgan fingerprint density at radius 2 is 1.52 bits per heavy atom. The summed E-state index contributed by atoms with van der Waals surface area (Å²) < 4.78 is 5.46. The minimum Gasteiger partial charge on any atom is -0.462 e. The Kier molecular flexibility index (Phi) is 10.9. The molecule has 0 heterocycles. The summed E-state index contributed by atoms with van der Waals surface area (Å²) in [6.07, 6.45) is 23.1. The number of unbranched alkanes of at least 4 members (excludes halogenated alkanes) is 11. The van der Waals surface area contributed by atoms with Crippen LogP contribution in [0.3, 0.4) is 0 Å². The molecule has 0 amide bonds. The predicted molar refractivity (Wildman–Crippen MR) is 115 cm³/mol. The molecule has 0 radical (unpaired) electrons. The SMILES string of the molecule is CCCCCCCCCCCCCCOC(=O)C(C)=CC1=C2CCC(C1)C2. The lowest BCUT2D eigenvalue weighted by Crippen LogP contribution is -2.07. The van der Waals surface area contributed by atoms with Gasteiger partial charge in [0.25, 0.3) is 0 Å². The maximum Gasteiger partial charge on any atom is 0.333 e. The van der Waals surface area contributed by atoms with Gasteiger partial charge in [-0.15, -0.1) is 0 Å². The van der Waals surface area contributed by atoms with Crippen molar-refractivity contribution in [3.63, 3.8) is 0 Å². The van der Waals surface area contributed by atoms with E-state index in [0.29, 0.717) is 6.61 Å². The number of carbonyl (C=O) groups excluding carboxylic acids is 1. The van der Waals surface area contributed by atoms with Crippen molar-refractivity contribution in [1.82, 2.24) is 0 Å². The van der Waals surface area contributed by atoms with Crippen LogP contribution in [0.4, 0.5) is 0 Å². The Morgan fingerprint density at radius 3 is 2.04 bits per heavy atom. The van der Waals surface area contributed by atoms with Gasteiger partial charge in [0, 0.05) is 5.57 Å². The van der Waals surface area contributed by atoms with Gasteiger partial charge < -0.3 is 4.74 Å². The van der Waals surface area contributed by atoms with Crippen LogP contribution in [-0.2, 0) is 9.53 Å². The standard InChI is InChI=1S/C25H42O2/c1-3-4-5-6-7-8-9-10-11-12-13-14-17-27-25(26)21(2)18-24-20-22-15-16-23(24)19-22/h18,22H,3-17,19-20H2,1-2H3. The Labute approximate surface area is 167 Å². The molecule has 0 aromatic carbocycles. The van der Waals surface area contributed by atoms with Gasteiger partial charge in [0.2, 0.25) is 0 Å². The summed E-state index contributed by atoms with van der Waals surface area (Å²) in [6, 6.07) is 0. The molecular weight excluding hydrogens is 332 g/mol. The summed E-state index contributed by atoms with van der Waals surface area (Å²) in [7, 11) is 0. The summed E-state index contributed by atoms with van der Waals surface area (Å²) in [5, 5.41) is 0. The molecule has 0 spiro atoms. The van der Waals surface area contributed by atoms with E-state index in [2.05, 4.69) is 13.0 Å². The lowest BCUT2D eigenvalue weighted by Gasteiger charge is -2.10. The van der Waals surface area contributed by atoms with E-state index in [1.54, 1.807) is 5.57 Å². The van der Waals surface area contributed by atoms with Crippen molar-refractivity contribution in [1.29, 1.82) is 0 Å². The molecule has 0 N–H and O–H groups in total. The van der Waals surface area contributed by atoms with Crippen molar-refractivity contribution in [2.75, 3.05) is 6.61 Å². The monoisotopic (exact) mass is 374 g/mol. The zero-order valence-electron chi connectivity index (χ0n) is 18.0. The second kappa shape index (κ2) is 13.2. The third kappa shape index (κ3) is 8.66. The molecule has 2 aliphatic rings. The molecule has 2 heteroatoms. The topological polar surface area (TPSA) is 26.3 Å². The Morgan fingerprint density at radius 1 is 0.926 bits per heavy atom. The van der Waals surface area contributed by atoms with Crippen LogP contribution in [0.25, 0.3) is 0 Å². The molecule has 1 atom stereocenters. The van der Waals surface area contributed by atoms with Gasteiger partial charge in [-0.2, -0.15) is 0 Å². The largest absolute Gasteiger partial charge is 0.462 e. The third-order valence-electron chi connectivity index (χ3n) is 6.30. The lowest BCUT2D eigenvalue weighted by atomic mass is 9.98. The molecule has 0 aromatic rings. The number of fused-ring (bicyclic) bond motifs is 2. The first-order chi connectivity index (χ1) is 13.2. The van der Waals surface area contributed by atoms with E-state index in [-0.39, 0.29) is 5.97 Å². The number of carbonyl (C=O) groups is 1. The quantitative estimate of drug-likeness (QED) is 0.167. The predicted octanol–water partition coefficient (Wildman–Crippen LogP) is 7.68. The molecule has 2 bridgehead atoms. The van der Waals surface area contributed by atoms with Gasteiger partial charge >= 0.3 is 5.97 Å². The van der Waals surface area contributed by atoms with Gasteiger partial charge in [-0.05, 0) is 56.6 Å². The van der Waals surface area contributed by atoms with E-state index in [4.69, 9.17) is 4.74 Å². The Balaban J connectivity index is 1.41. The normalized spacial score (nSPS) is 19.2. The average molecular weight is 375 g/mol. The molecule has 2 aliphatic carbocycles. The average Bonchev–Trinajstić information content (AvgIpc) is 3.28. The maximum atomic E-state index is 12.1. The van der Waals surface area contributed by atoms with Gasteiger partial charge in [-0.1, -0.05) is 83.1 Å². The summed E-state index contributed by atoms with van der Waals surface area (Å²) in [6.45, 7) is 4.76. The maximum absolute atomic E-state index is 12.1. The first-order valence-electron chi connectivity index (χ1n) is 11.8. The van der Waals surface area contributed by atoms with E-state index in [1.165, 1.54) is 102 Å². The van der Waals surface area contributed by atoms with Crippen molar-refractivity contribution in [3.8, 4) is 0 Å². The van der Waals surface area contributed by atoms with Crippen molar-refractivity contribution in [3.05, 3.63) is 22.8 Å². The minimum atomic E-state index is -0.117. The van der Waals surface area contributed by atoms with Crippen LogP contribution in [0.2, 0.25) is 0 Å². The number of hydrogen-bond acceptors (Lipinski definition) is 2. The Bertz CT molecular complexity index is 500. The zero-order valence-corrected chi connectivity index (χ0v) is 18.0. The van der Waals surface area contributed by atoms with Crippen molar-refractivity contribution >= 4 is 5.97 Å². The number of hydrogen-bond donors (Lipinski definition) is 0. The minimum absolute atomic E-state index is 0.117. The molecule has 0 aromatic heterocycles. The molecule has 2 rings (SSSR count). The fraction of sp³-hybridized carbons (Fsp3) is 0.800. The van der Waals surface area contributed by atoms with Gasteiger partial charge in [-0.3, -0.25) is 0 Å². The molecule has 2 nitrogen and oxygen atoms in total. The molecule has 27 heavy (non-hydrogen) atoms. The fourth-order valence-electron chi connectivity index (χ4n) is 4.56. The number of rotatable bonds is 15. The van der Waals surface area contributed by atoms with Crippen molar-refractivity contribution in [2.45, 2.75) is 117 Å². The highest BCUT2D eigenvalue weighted by Gasteiger charge is 2.29. The van der Waals surface area contributed by atoms with Crippen molar-refractivity contribution < 1.29 is 9.53 Å². The van der Waals surface area contributed by atoms with Gasteiger partial charge in [0.1, 0.15) is 0 Å². The zero-order chi connectivity index (χ0) is 19.3. The first kappa shape index (κ1) is 22.2. The van der Waals surface area contributed by atoms with E-state index in [0.717, 1.165) is 17.9 Å². The van der Waals surface area contributed by atoms with E-state index >= 15 is 0 Å². The molecule has 0 saturated heterocycles. The van der Waals surface area contributed by atoms with Crippen molar-refractivity contribution in [2.24, 2.45) is 5.92 Å². The van der Waals surface area contributed by atoms with Crippen LogP contribution in [0.1, 0.15) is 117 Å². The summed E-state index contributed by atoms with van der Waals surface area (Å²) in [5.74, 6) is 0.741. The molecule has 1 unspecified atom stereocenters. The van der Waals surface area contributed by atoms with Crippen LogP contribution < -0.4 is 0 Å². The van der Waals surface area contributed by atoms with Crippen LogP contribution in [-0.4, -0.2) is 12.6 Å². The molecular formula is C25H42O2. The van der Waals surface area contributed by atoms with Crippen LogP contribution in [0, 0.1) is 5.92 Å². The highest BCUT2D eigenvalue weighted by Crippen LogP contribution is 2.44. The highest BCUT2D eigenvalue weighted by molar-refractivity contribution is 5.88. The summed E-state index contributed by atoms with van der Waals surface area (Å²) >= 11 is 0. The Hall–Kier alpha value is -1.05. The first-order valence-corrected chi connectivity index (χ1v) is 11.8. The molecule has 1 saturated carbocycles. The van der Waals surface area contributed by atoms with E-state index < -0.39 is 0 Å². The second-order valence-corrected chi connectivity index (χ2v) is 8.79. The summed E-state index contributed by atoms with van der Waals surface area (Å²) in [4.78, 5) is 12.1. The van der Waals surface area contributed by atoms with Crippen LogP contribution in [0.5, 0.6) is 0 Å². The lowest BCUT2D eigenvalue weighted by molar-refractivity contribution is -0.139. The smallest absolute Gasteiger partial charge is 0.333 e.